The quantitative estimate of drug-likeness (QED) is 0.413. The van der Waals surface area contributed by atoms with Crippen LogP contribution in [0.5, 0.6) is 0 Å². The van der Waals surface area contributed by atoms with Crippen LogP contribution in [0.15, 0.2) is 18.2 Å². The molecule has 0 aliphatic heterocycles. The van der Waals surface area contributed by atoms with E-state index in [2.05, 4.69) is 16.2 Å². The first kappa shape index (κ1) is 9.15. The molecule has 0 N–H and O–H groups in total. The van der Waals surface area contributed by atoms with Crippen molar-refractivity contribution < 1.29 is 4.92 Å². The number of fused-ring (bicyclic) bond motifs is 1. The Balaban J connectivity index is 2.57. The van der Waals surface area contributed by atoms with Crippen molar-refractivity contribution in [2.75, 3.05) is 0 Å². The Morgan fingerprint density at radius 2 is 2.40 bits per heavy atom. The molecule has 6 heteroatoms. The van der Waals surface area contributed by atoms with Crippen LogP contribution in [-0.2, 0) is 6.54 Å². The summed E-state index contributed by atoms with van der Waals surface area (Å²) in [4.78, 5) is 10.0. The molecule has 2 rings (SSSR count). The standard InChI is InChI=1S/C9H6N4O2/c1-2-5-12-9-4-3-7(13(14)15)6-8(9)10-11-12/h1,3-4,6H,5H2. The Labute approximate surface area is 84.7 Å². The SMILES string of the molecule is C#CCn1nnc2cc([N+](=O)[O-])ccc21. The molecule has 1 heterocycles. The predicted octanol–water partition coefficient (Wildman–Crippen LogP) is 0.973. The first-order valence-electron chi connectivity index (χ1n) is 4.13. The van der Waals surface area contributed by atoms with Crippen LogP contribution in [0.2, 0.25) is 0 Å². The second-order valence-electron chi connectivity index (χ2n) is 2.88. The van der Waals surface area contributed by atoms with Gasteiger partial charge in [-0.2, -0.15) is 0 Å². The number of nitro benzene ring substituents is 1. The molecule has 0 unspecified atom stereocenters. The molecule has 0 radical (unpaired) electrons. The predicted molar refractivity (Wildman–Crippen MR) is 53.0 cm³/mol. The summed E-state index contributed by atoms with van der Waals surface area (Å²) >= 11 is 0. The van der Waals surface area contributed by atoms with E-state index in [-0.39, 0.29) is 5.69 Å². The van der Waals surface area contributed by atoms with Gasteiger partial charge in [0.25, 0.3) is 5.69 Å². The fourth-order valence-electron chi connectivity index (χ4n) is 1.28. The summed E-state index contributed by atoms with van der Waals surface area (Å²) in [5.74, 6) is 2.43. The number of hydrogen-bond acceptors (Lipinski definition) is 4. The fraction of sp³-hybridized carbons (Fsp3) is 0.111. The van der Waals surface area contributed by atoms with Crippen LogP contribution in [0.4, 0.5) is 5.69 Å². The number of benzene rings is 1. The van der Waals surface area contributed by atoms with Crippen molar-refractivity contribution in [3.63, 3.8) is 0 Å². The van der Waals surface area contributed by atoms with E-state index in [0.717, 1.165) is 0 Å². The maximum Gasteiger partial charge on any atom is 0.271 e. The molecule has 0 bridgehead atoms. The van der Waals surface area contributed by atoms with Gasteiger partial charge in [0.05, 0.1) is 10.4 Å². The number of aromatic nitrogens is 3. The topological polar surface area (TPSA) is 73.8 Å². The first-order chi connectivity index (χ1) is 7.22. The van der Waals surface area contributed by atoms with Gasteiger partial charge in [-0.3, -0.25) is 10.1 Å². The second-order valence-corrected chi connectivity index (χ2v) is 2.88. The molecule has 15 heavy (non-hydrogen) atoms. The smallest absolute Gasteiger partial charge is 0.258 e. The van der Waals surface area contributed by atoms with Gasteiger partial charge in [0, 0.05) is 12.1 Å². The van der Waals surface area contributed by atoms with Crippen molar-refractivity contribution in [3.8, 4) is 12.3 Å². The van der Waals surface area contributed by atoms with Crippen molar-refractivity contribution in [1.82, 2.24) is 15.0 Å². The van der Waals surface area contributed by atoms with Gasteiger partial charge in [0.2, 0.25) is 0 Å². The Hall–Kier alpha value is -2.42. The third kappa shape index (κ3) is 1.50. The molecule has 74 valence electrons. The summed E-state index contributed by atoms with van der Waals surface area (Å²) in [6.07, 6.45) is 5.14. The molecule has 2 aromatic rings. The summed E-state index contributed by atoms with van der Waals surface area (Å²) in [5.41, 5.74) is 1.16. The number of terminal acetylenes is 1. The number of rotatable bonds is 2. The molecule has 1 aromatic heterocycles. The normalized spacial score (nSPS) is 10.1. The van der Waals surface area contributed by atoms with E-state index in [1.807, 2.05) is 0 Å². The lowest BCUT2D eigenvalue weighted by Crippen LogP contribution is -1.97. The zero-order chi connectivity index (χ0) is 10.8. The monoisotopic (exact) mass is 202 g/mol. The zero-order valence-corrected chi connectivity index (χ0v) is 7.62. The molecule has 0 atom stereocenters. The highest BCUT2D eigenvalue weighted by Gasteiger charge is 2.10. The summed E-state index contributed by atoms with van der Waals surface area (Å²) in [6, 6.07) is 4.36. The maximum absolute atomic E-state index is 10.5. The van der Waals surface area contributed by atoms with Gasteiger partial charge < -0.3 is 0 Å². The van der Waals surface area contributed by atoms with Gasteiger partial charge >= 0.3 is 0 Å². The molecule has 0 saturated carbocycles. The number of hydrogen-bond donors (Lipinski definition) is 0. The lowest BCUT2D eigenvalue weighted by Gasteiger charge is -1.94. The minimum absolute atomic E-state index is 0.00439. The Kier molecular flexibility index (Phi) is 2.06. The largest absolute Gasteiger partial charge is 0.271 e. The zero-order valence-electron chi connectivity index (χ0n) is 7.62. The third-order valence-corrected chi connectivity index (χ3v) is 1.95. The van der Waals surface area contributed by atoms with E-state index in [9.17, 15) is 10.1 Å². The van der Waals surface area contributed by atoms with Gasteiger partial charge in [0.15, 0.2) is 0 Å². The molecule has 0 aliphatic rings. The minimum Gasteiger partial charge on any atom is -0.258 e. The molecule has 0 aliphatic carbocycles. The van der Waals surface area contributed by atoms with Crippen molar-refractivity contribution in [2.45, 2.75) is 6.54 Å². The van der Waals surface area contributed by atoms with E-state index in [0.29, 0.717) is 17.6 Å². The summed E-state index contributed by atoms with van der Waals surface area (Å²) in [6.45, 7) is 0.300. The van der Waals surface area contributed by atoms with Crippen LogP contribution in [0.3, 0.4) is 0 Å². The van der Waals surface area contributed by atoms with Gasteiger partial charge in [-0.05, 0) is 6.07 Å². The van der Waals surface area contributed by atoms with Gasteiger partial charge in [-0.15, -0.1) is 11.5 Å². The first-order valence-corrected chi connectivity index (χ1v) is 4.13. The van der Waals surface area contributed by atoms with Gasteiger partial charge in [-0.1, -0.05) is 11.1 Å². The Morgan fingerprint density at radius 3 is 3.07 bits per heavy atom. The molecular formula is C9H6N4O2. The average molecular weight is 202 g/mol. The van der Waals surface area contributed by atoms with Crippen LogP contribution in [0.25, 0.3) is 11.0 Å². The summed E-state index contributed by atoms with van der Waals surface area (Å²) in [5, 5.41) is 18.1. The van der Waals surface area contributed by atoms with E-state index < -0.39 is 4.92 Å². The van der Waals surface area contributed by atoms with Gasteiger partial charge in [0.1, 0.15) is 12.1 Å². The fourth-order valence-corrected chi connectivity index (χ4v) is 1.28. The van der Waals surface area contributed by atoms with Crippen LogP contribution in [-0.4, -0.2) is 19.9 Å². The Bertz CT molecular complexity index is 567. The van der Waals surface area contributed by atoms with E-state index in [4.69, 9.17) is 6.42 Å². The van der Waals surface area contributed by atoms with Crippen molar-refractivity contribution in [1.29, 1.82) is 0 Å². The van der Waals surface area contributed by atoms with Crippen molar-refractivity contribution in [3.05, 3.63) is 28.3 Å². The highest BCUT2D eigenvalue weighted by Crippen LogP contribution is 2.18. The number of nitrogens with zero attached hydrogens (tertiary/aromatic N) is 4. The number of non-ortho nitro benzene ring substituents is 1. The molecule has 0 spiro atoms. The molecule has 0 saturated heterocycles. The van der Waals surface area contributed by atoms with Crippen LogP contribution >= 0.6 is 0 Å². The maximum atomic E-state index is 10.5. The minimum atomic E-state index is -0.473. The molecule has 1 aromatic carbocycles. The lowest BCUT2D eigenvalue weighted by atomic mass is 10.3. The molecule has 0 fully saturated rings. The average Bonchev–Trinajstić information content (AvgIpc) is 2.61. The van der Waals surface area contributed by atoms with Gasteiger partial charge in [-0.25, -0.2) is 4.68 Å². The summed E-state index contributed by atoms with van der Waals surface area (Å²) in [7, 11) is 0. The summed E-state index contributed by atoms with van der Waals surface area (Å²) < 4.78 is 1.51. The van der Waals surface area contributed by atoms with E-state index >= 15 is 0 Å². The van der Waals surface area contributed by atoms with Crippen LogP contribution in [0, 0.1) is 22.5 Å². The second kappa shape index (κ2) is 3.38. The highest BCUT2D eigenvalue weighted by molar-refractivity contribution is 5.77. The van der Waals surface area contributed by atoms with Crippen molar-refractivity contribution >= 4 is 16.7 Å². The Morgan fingerprint density at radius 1 is 1.60 bits per heavy atom. The molecule has 6 nitrogen and oxygen atoms in total. The van der Waals surface area contributed by atoms with Crippen molar-refractivity contribution in [2.24, 2.45) is 0 Å². The molecular weight excluding hydrogens is 196 g/mol. The number of nitro groups is 1. The van der Waals surface area contributed by atoms with E-state index in [1.54, 1.807) is 6.07 Å². The lowest BCUT2D eigenvalue weighted by molar-refractivity contribution is -0.384. The third-order valence-electron chi connectivity index (χ3n) is 1.95. The van der Waals surface area contributed by atoms with Crippen LogP contribution in [0.1, 0.15) is 0 Å². The molecule has 0 amide bonds. The van der Waals surface area contributed by atoms with E-state index in [1.165, 1.54) is 16.8 Å². The van der Waals surface area contributed by atoms with Crippen LogP contribution < -0.4 is 0 Å². The highest BCUT2D eigenvalue weighted by atomic mass is 16.6.